The summed E-state index contributed by atoms with van der Waals surface area (Å²) in [5, 5.41) is 11.1. The highest BCUT2D eigenvalue weighted by molar-refractivity contribution is 5.97. The zero-order valence-electron chi connectivity index (χ0n) is 11.0. The van der Waals surface area contributed by atoms with Gasteiger partial charge >= 0.3 is 5.97 Å². The first-order chi connectivity index (χ1) is 8.62. The second-order valence-corrected chi connectivity index (χ2v) is 5.33. The van der Waals surface area contributed by atoms with Crippen molar-refractivity contribution in [1.29, 1.82) is 0 Å². The molecular formula is C13H17FN2O3. The van der Waals surface area contributed by atoms with Crippen LogP contribution in [-0.2, 0) is 4.79 Å². The van der Waals surface area contributed by atoms with Crippen molar-refractivity contribution < 1.29 is 19.1 Å². The minimum Gasteiger partial charge on any atom is -0.478 e. The maximum atomic E-state index is 13.5. The van der Waals surface area contributed by atoms with Crippen molar-refractivity contribution in [3.63, 3.8) is 0 Å². The van der Waals surface area contributed by atoms with Gasteiger partial charge in [-0.3, -0.25) is 4.79 Å². The Morgan fingerprint density at radius 2 is 1.95 bits per heavy atom. The van der Waals surface area contributed by atoms with Crippen LogP contribution in [0.3, 0.4) is 0 Å². The first kappa shape index (κ1) is 15.1. The predicted molar refractivity (Wildman–Crippen MR) is 69.4 cm³/mol. The van der Waals surface area contributed by atoms with Crippen LogP contribution in [0.5, 0.6) is 0 Å². The lowest BCUT2D eigenvalue weighted by Gasteiger charge is -2.25. The maximum absolute atomic E-state index is 13.5. The zero-order valence-corrected chi connectivity index (χ0v) is 11.0. The van der Waals surface area contributed by atoms with Crippen molar-refractivity contribution in [2.75, 3.05) is 5.32 Å². The molecule has 6 heteroatoms. The van der Waals surface area contributed by atoms with Crippen molar-refractivity contribution in [1.82, 2.24) is 0 Å². The van der Waals surface area contributed by atoms with Crippen LogP contribution in [-0.4, -0.2) is 23.0 Å². The number of benzene rings is 1. The van der Waals surface area contributed by atoms with E-state index in [4.69, 9.17) is 10.8 Å². The molecule has 0 aliphatic heterocycles. The normalized spacial score (nSPS) is 12.9. The molecule has 1 rings (SSSR count). The standard InChI is InChI=1S/C13H17FN2O3/c1-13(2,3)10(15)11(17)16-9-6-7(12(18)19)4-5-8(9)14/h4-6,10H,15H2,1-3H3,(H,16,17)(H,18,19)/t10-/m1/s1. The van der Waals surface area contributed by atoms with Crippen molar-refractivity contribution in [2.24, 2.45) is 11.1 Å². The van der Waals surface area contributed by atoms with Crippen LogP contribution in [0.15, 0.2) is 18.2 Å². The highest BCUT2D eigenvalue weighted by atomic mass is 19.1. The van der Waals surface area contributed by atoms with Gasteiger partial charge < -0.3 is 16.2 Å². The van der Waals surface area contributed by atoms with Gasteiger partial charge in [-0.15, -0.1) is 0 Å². The number of rotatable bonds is 3. The number of halogens is 1. The summed E-state index contributed by atoms with van der Waals surface area (Å²) < 4.78 is 13.5. The monoisotopic (exact) mass is 268 g/mol. The van der Waals surface area contributed by atoms with Crippen LogP contribution in [0.1, 0.15) is 31.1 Å². The zero-order chi connectivity index (χ0) is 14.8. The number of carbonyl (C=O) groups excluding carboxylic acids is 1. The van der Waals surface area contributed by atoms with Crippen molar-refractivity contribution in [2.45, 2.75) is 26.8 Å². The Morgan fingerprint density at radius 1 is 1.37 bits per heavy atom. The molecule has 0 aromatic heterocycles. The number of carbonyl (C=O) groups is 2. The van der Waals surface area contributed by atoms with Crippen LogP contribution >= 0.6 is 0 Å². The van der Waals surface area contributed by atoms with Gasteiger partial charge in [0, 0.05) is 0 Å². The van der Waals surface area contributed by atoms with Gasteiger partial charge in [0.1, 0.15) is 5.82 Å². The molecule has 0 heterocycles. The molecule has 0 saturated heterocycles. The van der Waals surface area contributed by atoms with Crippen molar-refractivity contribution in [3.05, 3.63) is 29.6 Å². The fraction of sp³-hybridized carbons (Fsp3) is 0.385. The van der Waals surface area contributed by atoms with E-state index >= 15 is 0 Å². The lowest BCUT2D eigenvalue weighted by Crippen LogP contribution is -2.45. The second kappa shape index (κ2) is 5.36. The summed E-state index contributed by atoms with van der Waals surface area (Å²) in [6, 6.07) is 2.34. The Kier molecular flexibility index (Phi) is 4.26. The van der Waals surface area contributed by atoms with Crippen LogP contribution in [0, 0.1) is 11.2 Å². The third kappa shape index (κ3) is 3.75. The van der Waals surface area contributed by atoms with E-state index in [2.05, 4.69) is 5.32 Å². The molecule has 1 aromatic carbocycles. The Balaban J connectivity index is 2.96. The topological polar surface area (TPSA) is 92.4 Å². The van der Waals surface area contributed by atoms with Gasteiger partial charge in [-0.05, 0) is 23.6 Å². The Hall–Kier alpha value is -1.95. The molecule has 0 spiro atoms. The van der Waals surface area contributed by atoms with Crippen molar-refractivity contribution >= 4 is 17.6 Å². The summed E-state index contributed by atoms with van der Waals surface area (Å²) in [6.45, 7) is 5.34. The molecule has 104 valence electrons. The largest absolute Gasteiger partial charge is 0.478 e. The number of hydrogen-bond acceptors (Lipinski definition) is 3. The third-order valence-corrected chi connectivity index (χ3v) is 2.69. The van der Waals surface area contributed by atoms with E-state index in [1.807, 2.05) is 0 Å². The lowest BCUT2D eigenvalue weighted by molar-refractivity contribution is -0.119. The minimum atomic E-state index is -1.20. The van der Waals surface area contributed by atoms with E-state index in [1.165, 1.54) is 0 Å². The number of carboxylic acid groups (broad SMARTS) is 1. The fourth-order valence-corrected chi connectivity index (χ4v) is 1.36. The summed E-state index contributed by atoms with van der Waals surface area (Å²) >= 11 is 0. The van der Waals surface area contributed by atoms with E-state index in [0.29, 0.717) is 0 Å². The lowest BCUT2D eigenvalue weighted by atomic mass is 9.87. The minimum absolute atomic E-state index is 0.110. The van der Waals surface area contributed by atoms with Gasteiger partial charge in [0.25, 0.3) is 0 Å². The van der Waals surface area contributed by atoms with E-state index in [1.54, 1.807) is 20.8 Å². The number of nitrogens with two attached hydrogens (primary N) is 1. The van der Waals surface area contributed by atoms with E-state index < -0.39 is 29.2 Å². The molecule has 5 nitrogen and oxygen atoms in total. The summed E-state index contributed by atoms with van der Waals surface area (Å²) in [5.74, 6) is -2.47. The van der Waals surface area contributed by atoms with E-state index in [-0.39, 0.29) is 11.3 Å². The van der Waals surface area contributed by atoms with Crippen LogP contribution < -0.4 is 11.1 Å². The molecule has 1 aromatic rings. The molecule has 0 bridgehead atoms. The quantitative estimate of drug-likeness (QED) is 0.779. The van der Waals surface area contributed by atoms with E-state index in [0.717, 1.165) is 18.2 Å². The molecule has 19 heavy (non-hydrogen) atoms. The van der Waals surface area contributed by atoms with Crippen LogP contribution in [0.2, 0.25) is 0 Å². The van der Waals surface area contributed by atoms with Gasteiger partial charge in [-0.25, -0.2) is 9.18 Å². The molecule has 0 aliphatic rings. The number of amides is 1. The Labute approximate surface area is 110 Å². The Morgan fingerprint density at radius 3 is 2.42 bits per heavy atom. The highest BCUT2D eigenvalue weighted by Crippen LogP contribution is 2.21. The number of nitrogens with one attached hydrogen (secondary N) is 1. The second-order valence-electron chi connectivity index (χ2n) is 5.33. The molecule has 4 N–H and O–H groups in total. The van der Waals surface area contributed by atoms with Gasteiger partial charge in [0.15, 0.2) is 0 Å². The average Bonchev–Trinajstić information content (AvgIpc) is 2.29. The first-order valence-corrected chi connectivity index (χ1v) is 5.72. The average molecular weight is 268 g/mol. The fourth-order valence-electron chi connectivity index (χ4n) is 1.36. The predicted octanol–water partition coefficient (Wildman–Crippen LogP) is 1.84. The first-order valence-electron chi connectivity index (χ1n) is 5.72. The molecule has 1 atom stereocenters. The summed E-state index contributed by atoms with van der Waals surface area (Å²) in [5.41, 5.74) is 4.96. The Bertz CT molecular complexity index is 509. The molecule has 1 amide bonds. The van der Waals surface area contributed by atoms with Gasteiger partial charge in [-0.2, -0.15) is 0 Å². The number of anilines is 1. The maximum Gasteiger partial charge on any atom is 0.335 e. The third-order valence-electron chi connectivity index (χ3n) is 2.69. The summed E-state index contributed by atoms with van der Waals surface area (Å²) in [6.07, 6.45) is 0. The van der Waals surface area contributed by atoms with Crippen LogP contribution in [0.4, 0.5) is 10.1 Å². The number of carboxylic acids is 1. The molecule has 0 unspecified atom stereocenters. The SMILES string of the molecule is CC(C)(C)[C@H](N)C(=O)Nc1cc(C(=O)O)ccc1F. The smallest absolute Gasteiger partial charge is 0.335 e. The number of hydrogen-bond donors (Lipinski definition) is 3. The summed E-state index contributed by atoms with van der Waals surface area (Å²) in [4.78, 5) is 22.6. The van der Waals surface area contributed by atoms with Crippen LogP contribution in [0.25, 0.3) is 0 Å². The molecule has 0 aliphatic carbocycles. The van der Waals surface area contributed by atoms with Gasteiger partial charge in [0.05, 0.1) is 17.3 Å². The highest BCUT2D eigenvalue weighted by Gasteiger charge is 2.28. The van der Waals surface area contributed by atoms with E-state index in [9.17, 15) is 14.0 Å². The van der Waals surface area contributed by atoms with Crippen molar-refractivity contribution in [3.8, 4) is 0 Å². The molecule has 0 radical (unpaired) electrons. The molecular weight excluding hydrogens is 251 g/mol. The molecule has 0 saturated carbocycles. The van der Waals surface area contributed by atoms with Gasteiger partial charge in [-0.1, -0.05) is 20.8 Å². The number of aromatic carboxylic acids is 1. The van der Waals surface area contributed by atoms with Gasteiger partial charge in [0.2, 0.25) is 5.91 Å². The molecule has 0 fully saturated rings. The summed E-state index contributed by atoms with van der Waals surface area (Å²) in [7, 11) is 0.